The van der Waals surface area contributed by atoms with Crippen molar-refractivity contribution in [1.29, 1.82) is 0 Å². The van der Waals surface area contributed by atoms with Crippen LogP contribution in [0.4, 0.5) is 10.2 Å². The summed E-state index contributed by atoms with van der Waals surface area (Å²) in [6.07, 6.45) is 12.2. The molecule has 34 heavy (non-hydrogen) atoms. The number of rotatable bonds is 7. The van der Waals surface area contributed by atoms with Crippen LogP contribution in [0.2, 0.25) is 5.02 Å². The molecule has 178 valence electrons. The van der Waals surface area contributed by atoms with Crippen LogP contribution in [0, 0.1) is 31.0 Å². The van der Waals surface area contributed by atoms with Gasteiger partial charge in [-0.2, -0.15) is 0 Å². The molecule has 4 rings (SSSR count). The van der Waals surface area contributed by atoms with Crippen molar-refractivity contribution in [3.8, 4) is 23.6 Å². The van der Waals surface area contributed by atoms with Crippen molar-refractivity contribution in [2.75, 3.05) is 24.5 Å². The number of terminal acetylenes is 1. The molecule has 0 bridgehead atoms. The lowest BCUT2D eigenvalue weighted by molar-refractivity contribution is 0.421. The minimum atomic E-state index is -0.441. The summed E-state index contributed by atoms with van der Waals surface area (Å²) in [7, 11) is 0. The van der Waals surface area contributed by atoms with Crippen LogP contribution in [0.25, 0.3) is 22.2 Å². The monoisotopic (exact) mass is 479 g/mol. The number of piperidine rings is 1. The van der Waals surface area contributed by atoms with Crippen molar-refractivity contribution in [3.05, 3.63) is 46.1 Å². The zero-order chi connectivity index (χ0) is 24.2. The number of anilines is 1. The van der Waals surface area contributed by atoms with E-state index in [0.717, 1.165) is 55.7 Å². The number of hydrogen-bond donors (Lipinski definition) is 1. The summed E-state index contributed by atoms with van der Waals surface area (Å²) < 4.78 is 16.1. The zero-order valence-electron chi connectivity index (χ0n) is 19.9. The highest BCUT2D eigenvalue weighted by molar-refractivity contribution is 6.31. The van der Waals surface area contributed by atoms with E-state index in [1.54, 1.807) is 6.20 Å². The normalized spacial score (nSPS) is 16.1. The van der Waals surface area contributed by atoms with Crippen molar-refractivity contribution in [2.45, 2.75) is 52.4 Å². The lowest BCUT2D eigenvalue weighted by Crippen LogP contribution is -2.36. The summed E-state index contributed by atoms with van der Waals surface area (Å²) >= 11 is 6.57. The summed E-state index contributed by atoms with van der Waals surface area (Å²) in [6, 6.07) is 3.83. The fraction of sp³-hybridized carbons (Fsp3) is 0.444. The topological polar surface area (TPSA) is 67.9 Å². The van der Waals surface area contributed by atoms with E-state index in [9.17, 15) is 0 Å². The third-order valence-corrected chi connectivity index (χ3v) is 6.81. The number of aryl methyl sites for hydroxylation is 2. The molecule has 1 aliphatic rings. The standard InChI is InChI=1S/C27H31ClFN5/c1-4-8-18-9-7-12-34(16-18)27-21-15-31-25(24(29)26(21)32-23(5-2)33-27)20-13-17(3)14-22(28)19(20)10-6-11-30/h1,13-15,18H,5-12,16,30H2,2-3H3. The first kappa shape index (κ1) is 24.4. The van der Waals surface area contributed by atoms with Crippen molar-refractivity contribution >= 4 is 28.3 Å². The Morgan fingerprint density at radius 1 is 1.32 bits per heavy atom. The Morgan fingerprint density at radius 3 is 2.88 bits per heavy atom. The summed E-state index contributed by atoms with van der Waals surface area (Å²) in [5.41, 5.74) is 8.80. The van der Waals surface area contributed by atoms with Gasteiger partial charge >= 0.3 is 0 Å². The average Bonchev–Trinajstić information content (AvgIpc) is 2.83. The van der Waals surface area contributed by atoms with E-state index in [4.69, 9.17) is 28.7 Å². The molecule has 1 unspecified atom stereocenters. The number of benzene rings is 1. The number of hydrogen-bond acceptors (Lipinski definition) is 5. The summed E-state index contributed by atoms with van der Waals surface area (Å²) in [6.45, 7) is 6.12. The molecule has 0 amide bonds. The van der Waals surface area contributed by atoms with E-state index in [-0.39, 0.29) is 5.69 Å². The molecule has 5 nitrogen and oxygen atoms in total. The van der Waals surface area contributed by atoms with Crippen molar-refractivity contribution < 1.29 is 4.39 Å². The van der Waals surface area contributed by atoms with Gasteiger partial charge in [-0.1, -0.05) is 18.5 Å². The number of halogens is 2. The number of aromatic nitrogens is 3. The van der Waals surface area contributed by atoms with Crippen LogP contribution in [0.1, 0.15) is 49.6 Å². The first-order chi connectivity index (χ1) is 16.5. The number of pyridine rings is 1. The van der Waals surface area contributed by atoms with Crippen LogP contribution >= 0.6 is 11.6 Å². The minimum Gasteiger partial charge on any atom is -0.356 e. The van der Waals surface area contributed by atoms with E-state index >= 15 is 4.39 Å². The van der Waals surface area contributed by atoms with E-state index in [0.29, 0.717) is 52.6 Å². The molecule has 1 aromatic carbocycles. The lowest BCUT2D eigenvalue weighted by Gasteiger charge is -2.33. The van der Waals surface area contributed by atoms with Gasteiger partial charge in [0, 0.05) is 42.7 Å². The maximum absolute atomic E-state index is 16.1. The lowest BCUT2D eigenvalue weighted by atomic mass is 9.95. The average molecular weight is 480 g/mol. The Labute approximate surface area is 206 Å². The highest BCUT2D eigenvalue weighted by Crippen LogP contribution is 2.36. The zero-order valence-corrected chi connectivity index (χ0v) is 20.6. The molecule has 1 saturated heterocycles. The van der Waals surface area contributed by atoms with Crippen LogP contribution in [-0.2, 0) is 12.8 Å². The molecule has 3 heterocycles. The smallest absolute Gasteiger partial charge is 0.175 e. The summed E-state index contributed by atoms with van der Waals surface area (Å²) in [4.78, 5) is 16.2. The van der Waals surface area contributed by atoms with Crippen molar-refractivity contribution in [3.63, 3.8) is 0 Å². The second kappa shape index (κ2) is 10.7. The first-order valence-corrected chi connectivity index (χ1v) is 12.4. The van der Waals surface area contributed by atoms with Crippen LogP contribution in [0.3, 0.4) is 0 Å². The molecule has 2 N–H and O–H groups in total. The van der Waals surface area contributed by atoms with Gasteiger partial charge in [-0.15, -0.1) is 12.3 Å². The Bertz CT molecular complexity index is 1240. The largest absolute Gasteiger partial charge is 0.356 e. The first-order valence-electron chi connectivity index (χ1n) is 12.0. The number of fused-ring (bicyclic) bond motifs is 1. The maximum atomic E-state index is 16.1. The van der Waals surface area contributed by atoms with E-state index < -0.39 is 5.82 Å². The van der Waals surface area contributed by atoms with Crippen LogP contribution in [-0.4, -0.2) is 34.6 Å². The van der Waals surface area contributed by atoms with Crippen molar-refractivity contribution in [1.82, 2.24) is 15.0 Å². The molecule has 1 atom stereocenters. The molecule has 0 saturated carbocycles. The molecule has 1 aliphatic heterocycles. The number of nitrogens with zero attached hydrogens (tertiary/aromatic N) is 4. The van der Waals surface area contributed by atoms with E-state index in [1.165, 1.54) is 0 Å². The van der Waals surface area contributed by atoms with Crippen LogP contribution < -0.4 is 10.6 Å². The van der Waals surface area contributed by atoms with Gasteiger partial charge in [0.15, 0.2) is 5.82 Å². The van der Waals surface area contributed by atoms with E-state index in [2.05, 4.69) is 20.8 Å². The SMILES string of the molecule is C#CCC1CCCN(c2nc(CC)nc3c(F)c(-c4cc(C)cc(Cl)c4CCCN)ncc23)C1. The molecular weight excluding hydrogens is 449 g/mol. The third-order valence-electron chi connectivity index (χ3n) is 6.48. The van der Waals surface area contributed by atoms with Gasteiger partial charge in [-0.05, 0) is 68.3 Å². The third kappa shape index (κ3) is 4.87. The quantitative estimate of drug-likeness (QED) is 0.454. The fourth-order valence-electron chi connectivity index (χ4n) is 4.78. The molecule has 7 heteroatoms. The van der Waals surface area contributed by atoms with Gasteiger partial charge in [0.05, 0.1) is 5.39 Å². The maximum Gasteiger partial charge on any atom is 0.175 e. The molecule has 3 aromatic rings. The molecule has 1 fully saturated rings. The van der Waals surface area contributed by atoms with Gasteiger partial charge in [-0.25, -0.2) is 14.4 Å². The van der Waals surface area contributed by atoms with Gasteiger partial charge in [0.2, 0.25) is 0 Å². The summed E-state index contributed by atoms with van der Waals surface area (Å²) in [5.74, 6) is 4.11. The predicted molar refractivity (Wildman–Crippen MR) is 138 cm³/mol. The molecule has 0 aliphatic carbocycles. The predicted octanol–water partition coefficient (Wildman–Crippen LogP) is 5.49. The number of nitrogens with two attached hydrogens (primary N) is 1. The van der Waals surface area contributed by atoms with Gasteiger partial charge < -0.3 is 10.6 Å². The Hall–Kier alpha value is -2.75. The molecular formula is C27H31ClFN5. The van der Waals surface area contributed by atoms with Crippen molar-refractivity contribution in [2.24, 2.45) is 11.7 Å². The second-order valence-corrected chi connectivity index (χ2v) is 9.43. The Balaban J connectivity index is 1.86. The second-order valence-electron chi connectivity index (χ2n) is 9.03. The van der Waals surface area contributed by atoms with Gasteiger partial charge in [0.1, 0.15) is 22.9 Å². The Kier molecular flexibility index (Phi) is 7.65. The highest BCUT2D eigenvalue weighted by atomic mass is 35.5. The van der Waals surface area contributed by atoms with Crippen LogP contribution in [0.15, 0.2) is 18.3 Å². The van der Waals surface area contributed by atoms with Gasteiger partial charge in [0.25, 0.3) is 0 Å². The fourth-order valence-corrected chi connectivity index (χ4v) is 5.15. The highest BCUT2D eigenvalue weighted by Gasteiger charge is 2.25. The van der Waals surface area contributed by atoms with Gasteiger partial charge in [-0.3, -0.25) is 4.98 Å². The molecule has 2 aromatic heterocycles. The molecule has 0 radical (unpaired) electrons. The molecule has 0 spiro atoms. The minimum absolute atomic E-state index is 0.265. The Morgan fingerprint density at radius 2 is 2.15 bits per heavy atom. The van der Waals surface area contributed by atoms with Crippen LogP contribution in [0.5, 0.6) is 0 Å². The van der Waals surface area contributed by atoms with E-state index in [1.807, 2.05) is 26.0 Å². The summed E-state index contributed by atoms with van der Waals surface area (Å²) in [5, 5.41) is 1.23.